The average Bonchev–Trinajstić information content (AvgIpc) is 3.01. The Bertz CT molecular complexity index is 1120. The molecule has 0 N–H and O–H groups in total. The summed E-state index contributed by atoms with van der Waals surface area (Å²) in [5.41, 5.74) is 3.61. The molecule has 0 unspecified atom stereocenters. The van der Waals surface area contributed by atoms with Gasteiger partial charge in [0.1, 0.15) is 5.76 Å². The third-order valence-electron chi connectivity index (χ3n) is 4.72. The van der Waals surface area contributed by atoms with Gasteiger partial charge in [-0.25, -0.2) is 0 Å². The highest BCUT2D eigenvalue weighted by Crippen LogP contribution is 2.39. The van der Waals surface area contributed by atoms with Gasteiger partial charge < -0.3 is 4.42 Å². The maximum absolute atomic E-state index is 13.1. The highest BCUT2D eigenvalue weighted by molar-refractivity contribution is 6.32. The number of carbonyl (C=O) groups excluding carboxylic acids is 3. The molecular weight excluding hydrogens is 328 g/mol. The van der Waals surface area contributed by atoms with Gasteiger partial charge in [-0.15, -0.1) is 0 Å². The Morgan fingerprint density at radius 3 is 2.04 bits per heavy atom. The molecule has 4 rings (SSSR count). The minimum Gasteiger partial charge on any atom is -0.451 e. The van der Waals surface area contributed by atoms with Gasteiger partial charge in [0.05, 0.1) is 11.1 Å². The van der Waals surface area contributed by atoms with Gasteiger partial charge in [-0.1, -0.05) is 48.0 Å². The lowest BCUT2D eigenvalue weighted by Crippen LogP contribution is -2.21. The van der Waals surface area contributed by atoms with Gasteiger partial charge in [0.2, 0.25) is 0 Å². The number of carbonyl (C=O) groups is 3. The number of hydrogen-bond acceptors (Lipinski definition) is 4. The van der Waals surface area contributed by atoms with Crippen LogP contribution in [0.25, 0.3) is 11.3 Å². The first-order valence-corrected chi connectivity index (χ1v) is 8.34. The second-order valence-electron chi connectivity index (χ2n) is 6.59. The second-order valence-corrected chi connectivity index (χ2v) is 6.59. The highest BCUT2D eigenvalue weighted by atomic mass is 16.4. The Morgan fingerprint density at radius 2 is 1.46 bits per heavy atom. The molecule has 0 fully saturated rings. The van der Waals surface area contributed by atoms with Gasteiger partial charge >= 0.3 is 0 Å². The molecule has 1 heterocycles. The number of furan rings is 1. The molecule has 0 bridgehead atoms. The lowest BCUT2D eigenvalue weighted by Gasteiger charge is -2.15. The Labute approximate surface area is 150 Å². The van der Waals surface area contributed by atoms with E-state index >= 15 is 0 Å². The molecule has 1 aromatic heterocycles. The van der Waals surface area contributed by atoms with Gasteiger partial charge in [-0.2, -0.15) is 0 Å². The van der Waals surface area contributed by atoms with Gasteiger partial charge in [0.15, 0.2) is 23.1 Å². The van der Waals surface area contributed by atoms with Crippen LogP contribution in [0.1, 0.15) is 60.4 Å². The fourth-order valence-corrected chi connectivity index (χ4v) is 3.52. The van der Waals surface area contributed by atoms with Crippen LogP contribution in [0.5, 0.6) is 0 Å². The molecule has 0 radical (unpaired) electrons. The van der Waals surface area contributed by atoms with Crippen molar-refractivity contribution in [3.8, 4) is 11.3 Å². The van der Waals surface area contributed by atoms with Crippen LogP contribution in [0.15, 0.2) is 46.9 Å². The lowest BCUT2D eigenvalue weighted by atomic mass is 9.82. The summed E-state index contributed by atoms with van der Waals surface area (Å²) < 4.78 is 5.82. The molecule has 0 saturated heterocycles. The Balaban J connectivity index is 2.07. The largest absolute Gasteiger partial charge is 0.451 e. The minimum absolute atomic E-state index is 0.0529. The van der Waals surface area contributed by atoms with Crippen molar-refractivity contribution in [3.63, 3.8) is 0 Å². The quantitative estimate of drug-likeness (QED) is 0.501. The van der Waals surface area contributed by atoms with E-state index in [-0.39, 0.29) is 40.0 Å². The van der Waals surface area contributed by atoms with E-state index in [2.05, 4.69) is 0 Å². The number of fused-ring (bicyclic) bond motifs is 2. The van der Waals surface area contributed by atoms with Crippen LogP contribution in [0, 0.1) is 13.8 Å². The van der Waals surface area contributed by atoms with E-state index in [9.17, 15) is 14.4 Å². The molecule has 0 atom stereocenters. The molecule has 128 valence electrons. The van der Waals surface area contributed by atoms with Crippen molar-refractivity contribution in [3.05, 3.63) is 81.6 Å². The van der Waals surface area contributed by atoms with Crippen molar-refractivity contribution < 1.29 is 18.8 Å². The van der Waals surface area contributed by atoms with Gasteiger partial charge in [-0.05, 0) is 19.4 Å². The SMILES string of the molecule is CC(=O)c1oc(-c2ccc(C)cc2C)c2c1C(=O)c1ccccc1C2=O. The topological polar surface area (TPSA) is 64.3 Å². The molecule has 26 heavy (non-hydrogen) atoms. The van der Waals surface area contributed by atoms with Crippen molar-refractivity contribution >= 4 is 17.3 Å². The minimum atomic E-state index is -0.377. The molecule has 0 amide bonds. The van der Waals surface area contributed by atoms with E-state index in [1.807, 2.05) is 32.0 Å². The van der Waals surface area contributed by atoms with Crippen LogP contribution in [-0.4, -0.2) is 17.3 Å². The summed E-state index contributed by atoms with van der Waals surface area (Å²) in [6.07, 6.45) is 0. The van der Waals surface area contributed by atoms with Crippen molar-refractivity contribution in [2.45, 2.75) is 20.8 Å². The van der Waals surface area contributed by atoms with E-state index in [0.29, 0.717) is 16.7 Å². The van der Waals surface area contributed by atoms with Crippen molar-refractivity contribution in [2.24, 2.45) is 0 Å². The van der Waals surface area contributed by atoms with E-state index in [1.54, 1.807) is 24.3 Å². The molecule has 0 aliphatic heterocycles. The summed E-state index contributed by atoms with van der Waals surface area (Å²) in [4.78, 5) is 38.2. The van der Waals surface area contributed by atoms with Gasteiger partial charge in [0, 0.05) is 23.6 Å². The number of aryl methyl sites for hydroxylation is 2. The fourth-order valence-electron chi connectivity index (χ4n) is 3.52. The highest BCUT2D eigenvalue weighted by Gasteiger charge is 2.39. The van der Waals surface area contributed by atoms with Crippen LogP contribution in [0.3, 0.4) is 0 Å². The predicted molar refractivity (Wildman–Crippen MR) is 96.9 cm³/mol. The van der Waals surface area contributed by atoms with Crippen molar-refractivity contribution in [1.29, 1.82) is 0 Å². The zero-order valence-electron chi connectivity index (χ0n) is 14.7. The van der Waals surface area contributed by atoms with Crippen LogP contribution >= 0.6 is 0 Å². The smallest absolute Gasteiger partial charge is 0.198 e. The molecule has 0 saturated carbocycles. The predicted octanol–water partition coefficient (Wildman–Crippen LogP) is 4.54. The summed E-state index contributed by atoms with van der Waals surface area (Å²) in [6, 6.07) is 12.4. The average molecular weight is 344 g/mol. The zero-order valence-corrected chi connectivity index (χ0v) is 14.7. The third kappa shape index (κ3) is 2.19. The zero-order chi connectivity index (χ0) is 18.6. The van der Waals surface area contributed by atoms with E-state index in [0.717, 1.165) is 11.1 Å². The summed E-state index contributed by atoms with van der Waals surface area (Å²) in [5.74, 6) is -0.780. The molecule has 4 heteroatoms. The Kier molecular flexibility index (Phi) is 3.51. The van der Waals surface area contributed by atoms with Crippen LogP contribution in [0.2, 0.25) is 0 Å². The van der Waals surface area contributed by atoms with Crippen LogP contribution < -0.4 is 0 Å². The van der Waals surface area contributed by atoms with Crippen LogP contribution in [0.4, 0.5) is 0 Å². The molecule has 3 aromatic rings. The molecular formula is C22H16O4. The normalized spacial score (nSPS) is 12.7. The number of hydrogen-bond donors (Lipinski definition) is 0. The first-order valence-electron chi connectivity index (χ1n) is 8.34. The monoisotopic (exact) mass is 344 g/mol. The Morgan fingerprint density at radius 1 is 0.846 bits per heavy atom. The van der Waals surface area contributed by atoms with Gasteiger partial charge in [0.25, 0.3) is 0 Å². The summed E-state index contributed by atoms with van der Waals surface area (Å²) in [6.45, 7) is 5.22. The first-order chi connectivity index (χ1) is 12.4. The summed E-state index contributed by atoms with van der Waals surface area (Å²) in [5, 5.41) is 0. The fraction of sp³-hybridized carbons (Fsp3) is 0.136. The summed E-state index contributed by atoms with van der Waals surface area (Å²) >= 11 is 0. The van der Waals surface area contributed by atoms with Crippen molar-refractivity contribution in [2.75, 3.05) is 0 Å². The van der Waals surface area contributed by atoms with E-state index in [1.165, 1.54) is 6.92 Å². The first kappa shape index (κ1) is 16.2. The van der Waals surface area contributed by atoms with E-state index in [4.69, 9.17) is 4.42 Å². The third-order valence-corrected chi connectivity index (χ3v) is 4.72. The maximum Gasteiger partial charge on any atom is 0.198 e. The van der Waals surface area contributed by atoms with Crippen molar-refractivity contribution in [1.82, 2.24) is 0 Å². The Hall–Kier alpha value is -3.27. The molecule has 0 spiro atoms. The second kappa shape index (κ2) is 5.63. The standard InChI is InChI=1S/C22H16O4/c1-11-8-9-14(12(2)10-11)22-18-17(21(26-22)13(3)23)19(24)15-6-4-5-7-16(15)20(18)25/h4-10H,1-3H3. The van der Waals surface area contributed by atoms with Crippen LogP contribution in [-0.2, 0) is 0 Å². The number of rotatable bonds is 2. The summed E-state index contributed by atoms with van der Waals surface area (Å²) in [7, 11) is 0. The maximum atomic E-state index is 13.1. The molecule has 4 nitrogen and oxygen atoms in total. The number of ketones is 3. The lowest BCUT2D eigenvalue weighted by molar-refractivity contribution is 0.0960. The van der Waals surface area contributed by atoms with Gasteiger partial charge in [-0.3, -0.25) is 14.4 Å². The number of Topliss-reactive ketones (excluding diaryl/α,β-unsaturated/α-hetero) is 1. The van der Waals surface area contributed by atoms with E-state index < -0.39 is 0 Å². The molecule has 1 aliphatic rings. The molecule has 1 aliphatic carbocycles. The molecule has 2 aromatic carbocycles. The number of benzene rings is 2.